The summed E-state index contributed by atoms with van der Waals surface area (Å²) < 4.78 is 68.3. The van der Waals surface area contributed by atoms with E-state index >= 15 is 0 Å². The number of ether oxygens (including phenoxy) is 4. The predicted octanol–water partition coefficient (Wildman–Crippen LogP) is 20.9. The van der Waals surface area contributed by atoms with E-state index < -0.39 is 97.5 Å². The Labute approximate surface area is 562 Å². The van der Waals surface area contributed by atoms with E-state index in [2.05, 4.69) is 55.4 Å². The zero-order valence-electron chi connectivity index (χ0n) is 60.2. The summed E-state index contributed by atoms with van der Waals surface area (Å²) in [4.78, 5) is 72.6. The Balaban J connectivity index is 5.21. The van der Waals surface area contributed by atoms with Crippen molar-refractivity contribution in [2.75, 3.05) is 39.6 Å². The van der Waals surface area contributed by atoms with Crippen molar-refractivity contribution >= 4 is 39.5 Å². The molecule has 0 aromatic carbocycles. The van der Waals surface area contributed by atoms with Gasteiger partial charge in [0.05, 0.1) is 26.4 Å². The van der Waals surface area contributed by atoms with Crippen molar-refractivity contribution < 1.29 is 80.2 Å². The van der Waals surface area contributed by atoms with Gasteiger partial charge in [0.2, 0.25) is 0 Å². The number of phosphoric ester groups is 2. The van der Waals surface area contributed by atoms with E-state index in [4.69, 9.17) is 37.0 Å². The molecule has 0 bridgehead atoms. The standard InChI is InChI=1S/C73H142O17P2/c1-63(2)49-41-33-25-21-17-13-9-11-15-19-23-27-37-45-53-70(75)83-59-68(89-72(77)55-47-39-28-24-20-16-12-10-14-18-22-26-34-42-50-64(3)4)61-87-91(79,80)85-57-67(74)58-86-92(81,82)88-62-69(90-73(78)56-48-40-32-30-36-44-52-66(7)8)60-84-71(76)54-46-38-31-29-35-43-51-65(5)6/h63-69,74H,9-62H2,1-8H3,(H,79,80)(H,81,82)/t67-,68-,69-/m1/s1. The zero-order chi connectivity index (χ0) is 68.2. The third-order valence-electron chi connectivity index (χ3n) is 16.8. The lowest BCUT2D eigenvalue weighted by Crippen LogP contribution is -2.30. The topological polar surface area (TPSA) is 237 Å². The molecule has 3 N–H and O–H groups in total. The summed E-state index contributed by atoms with van der Waals surface area (Å²) in [6.07, 6.45) is 46.2. The molecule has 0 aromatic rings. The molecule has 0 fully saturated rings. The van der Waals surface area contributed by atoms with Crippen LogP contribution in [0.5, 0.6) is 0 Å². The second kappa shape index (κ2) is 62.6. The minimum atomic E-state index is -4.96. The van der Waals surface area contributed by atoms with Gasteiger partial charge in [0.25, 0.3) is 0 Å². The van der Waals surface area contributed by atoms with E-state index in [9.17, 15) is 43.2 Å². The maximum Gasteiger partial charge on any atom is 0.472 e. The molecule has 92 heavy (non-hydrogen) atoms. The molecule has 0 aliphatic rings. The minimum absolute atomic E-state index is 0.101. The summed E-state index contributed by atoms with van der Waals surface area (Å²) in [7, 11) is -9.90. The van der Waals surface area contributed by atoms with Crippen molar-refractivity contribution in [1.29, 1.82) is 0 Å². The monoisotopic (exact) mass is 1350 g/mol. The first kappa shape index (κ1) is 90.1. The summed E-state index contributed by atoms with van der Waals surface area (Å²) in [5, 5.41) is 10.6. The molecule has 0 aliphatic heterocycles. The van der Waals surface area contributed by atoms with Crippen LogP contribution in [-0.4, -0.2) is 96.7 Å². The summed E-state index contributed by atoms with van der Waals surface area (Å²) in [5.74, 6) is 0.812. The lowest BCUT2D eigenvalue weighted by atomic mass is 10.0. The average molecular weight is 1350 g/mol. The van der Waals surface area contributed by atoms with Gasteiger partial charge in [-0.05, 0) is 49.4 Å². The van der Waals surface area contributed by atoms with Crippen LogP contribution in [0.15, 0.2) is 0 Å². The van der Waals surface area contributed by atoms with Gasteiger partial charge in [-0.2, -0.15) is 0 Å². The fraction of sp³-hybridized carbons (Fsp3) is 0.945. The summed E-state index contributed by atoms with van der Waals surface area (Å²) >= 11 is 0. The van der Waals surface area contributed by atoms with Gasteiger partial charge in [-0.1, -0.05) is 312 Å². The largest absolute Gasteiger partial charge is 0.472 e. The van der Waals surface area contributed by atoms with Crippen LogP contribution in [-0.2, 0) is 65.4 Å². The molecule has 0 saturated heterocycles. The number of aliphatic hydroxyl groups is 1. The van der Waals surface area contributed by atoms with Crippen LogP contribution < -0.4 is 0 Å². The van der Waals surface area contributed by atoms with Crippen molar-refractivity contribution in [3.8, 4) is 0 Å². The molecule has 0 saturated carbocycles. The van der Waals surface area contributed by atoms with Crippen molar-refractivity contribution in [3.63, 3.8) is 0 Å². The predicted molar refractivity (Wildman–Crippen MR) is 372 cm³/mol. The van der Waals surface area contributed by atoms with Crippen molar-refractivity contribution in [1.82, 2.24) is 0 Å². The Kier molecular flexibility index (Phi) is 61.3. The number of esters is 4. The first-order chi connectivity index (χ1) is 44.1. The van der Waals surface area contributed by atoms with Gasteiger partial charge >= 0.3 is 39.5 Å². The third kappa shape index (κ3) is 66.7. The number of carbonyl (C=O) groups excluding carboxylic acids is 4. The summed E-state index contributed by atoms with van der Waals surface area (Å²) in [6.45, 7) is 14.0. The Morgan fingerprint density at radius 3 is 0.674 bits per heavy atom. The van der Waals surface area contributed by atoms with Crippen LogP contribution in [0, 0.1) is 23.7 Å². The first-order valence-electron chi connectivity index (χ1n) is 37.7. The maximum atomic E-state index is 13.1. The molecule has 0 rings (SSSR count). The number of aliphatic hydroxyl groups excluding tert-OH is 1. The van der Waals surface area contributed by atoms with Crippen LogP contribution in [0.25, 0.3) is 0 Å². The van der Waals surface area contributed by atoms with Gasteiger partial charge in [-0.25, -0.2) is 9.13 Å². The number of phosphoric acid groups is 2. The number of carbonyl (C=O) groups is 4. The van der Waals surface area contributed by atoms with Crippen LogP contribution in [0.1, 0.15) is 364 Å². The van der Waals surface area contributed by atoms with Crippen molar-refractivity contribution in [2.24, 2.45) is 23.7 Å². The van der Waals surface area contributed by atoms with Crippen molar-refractivity contribution in [3.05, 3.63) is 0 Å². The highest BCUT2D eigenvalue weighted by Crippen LogP contribution is 2.45. The normalized spacial score (nSPS) is 14.2. The number of hydrogen-bond donors (Lipinski definition) is 3. The lowest BCUT2D eigenvalue weighted by Gasteiger charge is -2.21. The highest BCUT2D eigenvalue weighted by atomic mass is 31.2. The van der Waals surface area contributed by atoms with Crippen LogP contribution in [0.3, 0.4) is 0 Å². The second-order valence-electron chi connectivity index (χ2n) is 28.2. The fourth-order valence-electron chi connectivity index (χ4n) is 11.0. The van der Waals surface area contributed by atoms with E-state index in [0.29, 0.717) is 37.5 Å². The number of hydrogen-bond acceptors (Lipinski definition) is 15. The van der Waals surface area contributed by atoms with Gasteiger partial charge in [-0.3, -0.25) is 37.3 Å². The molecule has 0 amide bonds. The van der Waals surface area contributed by atoms with E-state index in [-0.39, 0.29) is 25.7 Å². The van der Waals surface area contributed by atoms with Crippen LogP contribution in [0.2, 0.25) is 0 Å². The van der Waals surface area contributed by atoms with Gasteiger partial charge < -0.3 is 33.8 Å². The minimum Gasteiger partial charge on any atom is -0.462 e. The van der Waals surface area contributed by atoms with E-state index in [1.165, 1.54) is 161 Å². The van der Waals surface area contributed by atoms with Gasteiger partial charge in [0, 0.05) is 25.7 Å². The Morgan fingerprint density at radius 1 is 0.272 bits per heavy atom. The molecule has 0 heterocycles. The van der Waals surface area contributed by atoms with Crippen LogP contribution >= 0.6 is 15.6 Å². The third-order valence-corrected chi connectivity index (χ3v) is 18.7. The zero-order valence-corrected chi connectivity index (χ0v) is 62.0. The molecule has 5 atom stereocenters. The number of rotatable bonds is 70. The molecule has 0 radical (unpaired) electrons. The Hall–Kier alpha value is -1.94. The number of unbranched alkanes of at least 4 members (excludes halogenated alkanes) is 36. The molecule has 0 aromatic heterocycles. The SMILES string of the molecule is CC(C)CCCCCCCCCCCCCCCCC(=O)OC[C@H](COP(=O)(O)OC[C@@H](O)COP(=O)(O)OC[C@@H](COC(=O)CCCCCCCCC(C)C)OC(=O)CCCCCCCCC(C)C)OC(=O)CCCCCCCCCCCCCCCCC(C)C. The molecular weight excluding hydrogens is 1210 g/mol. The van der Waals surface area contributed by atoms with E-state index in [1.807, 2.05) is 0 Å². The van der Waals surface area contributed by atoms with Crippen LogP contribution in [0.4, 0.5) is 0 Å². The Morgan fingerprint density at radius 2 is 0.457 bits per heavy atom. The molecule has 0 spiro atoms. The summed E-state index contributed by atoms with van der Waals surface area (Å²) in [5.41, 5.74) is 0. The highest BCUT2D eigenvalue weighted by molar-refractivity contribution is 7.47. The molecule has 19 heteroatoms. The molecule has 546 valence electrons. The van der Waals surface area contributed by atoms with Gasteiger partial charge in [0.1, 0.15) is 19.3 Å². The van der Waals surface area contributed by atoms with Gasteiger partial charge in [-0.15, -0.1) is 0 Å². The average Bonchev–Trinajstić information content (AvgIpc) is 1.82. The second-order valence-corrected chi connectivity index (χ2v) is 31.1. The molecule has 0 aliphatic carbocycles. The van der Waals surface area contributed by atoms with Crippen molar-refractivity contribution in [2.45, 2.75) is 382 Å². The van der Waals surface area contributed by atoms with E-state index in [0.717, 1.165) is 108 Å². The summed E-state index contributed by atoms with van der Waals surface area (Å²) in [6, 6.07) is 0. The fourth-order valence-corrected chi connectivity index (χ4v) is 12.6. The molecular formula is C73H142O17P2. The maximum absolute atomic E-state index is 13.1. The van der Waals surface area contributed by atoms with E-state index in [1.54, 1.807) is 0 Å². The molecule has 2 unspecified atom stereocenters. The smallest absolute Gasteiger partial charge is 0.462 e. The first-order valence-corrected chi connectivity index (χ1v) is 40.7. The highest BCUT2D eigenvalue weighted by Gasteiger charge is 2.30. The molecule has 17 nitrogen and oxygen atoms in total. The Bertz CT molecular complexity index is 1820. The quantitative estimate of drug-likeness (QED) is 0.0222. The van der Waals surface area contributed by atoms with Gasteiger partial charge in [0.15, 0.2) is 12.2 Å². The lowest BCUT2D eigenvalue weighted by molar-refractivity contribution is -0.161.